The number of nitrogens with one attached hydrogen (secondary N) is 3. The molecule has 0 aliphatic carbocycles. The van der Waals surface area contributed by atoms with Gasteiger partial charge in [0.1, 0.15) is 12.1 Å². The fourth-order valence-electron chi connectivity index (χ4n) is 3.50. The molecule has 150 valence electrons. The third kappa shape index (κ3) is 3.96. The maximum atomic E-state index is 5.44. The molecule has 0 saturated carbocycles. The first kappa shape index (κ1) is 19.4. The van der Waals surface area contributed by atoms with E-state index in [1.807, 2.05) is 0 Å². The molecule has 0 aliphatic rings. The van der Waals surface area contributed by atoms with Crippen molar-refractivity contribution < 1.29 is 0 Å². The van der Waals surface area contributed by atoms with E-state index < -0.39 is 0 Å². The molecule has 2 heterocycles. The predicted molar refractivity (Wildman–Crippen MR) is 123 cm³/mol. The summed E-state index contributed by atoms with van der Waals surface area (Å²) < 4.78 is 2.81. The third-order valence-electron chi connectivity index (χ3n) is 5.01. The van der Waals surface area contributed by atoms with Crippen LogP contribution in [0.15, 0.2) is 42.7 Å². The van der Waals surface area contributed by atoms with Gasteiger partial charge in [-0.3, -0.25) is 0 Å². The SMILES string of the molecule is CCn1c(=S)[nH]c2cc3c(NCc4ccccc4NCC(C)C)ncnc3cc21. The van der Waals surface area contributed by atoms with Gasteiger partial charge in [-0.15, -0.1) is 0 Å². The second kappa shape index (κ2) is 8.21. The lowest BCUT2D eigenvalue weighted by Crippen LogP contribution is -2.11. The number of imidazole rings is 1. The highest BCUT2D eigenvalue weighted by Gasteiger charge is 2.10. The standard InChI is InChI=1S/C22H26N6S/c1-4-28-20-10-18-16(9-19(20)27-22(28)29)21(26-13-25-18)24-12-15-7-5-6-8-17(15)23-11-14(2)3/h5-10,13-14,23H,4,11-12H2,1-3H3,(H,27,29)(H,24,25,26). The van der Waals surface area contributed by atoms with Crippen molar-refractivity contribution in [1.82, 2.24) is 19.5 Å². The number of nitrogens with zero attached hydrogens (tertiary/aromatic N) is 3. The van der Waals surface area contributed by atoms with E-state index in [1.165, 1.54) is 5.56 Å². The van der Waals surface area contributed by atoms with Gasteiger partial charge in [-0.2, -0.15) is 0 Å². The third-order valence-corrected chi connectivity index (χ3v) is 5.33. The molecule has 7 heteroatoms. The number of aromatic nitrogens is 4. The summed E-state index contributed by atoms with van der Waals surface area (Å²) in [6.07, 6.45) is 1.61. The van der Waals surface area contributed by atoms with Gasteiger partial charge in [-0.1, -0.05) is 32.0 Å². The Morgan fingerprint density at radius 2 is 1.97 bits per heavy atom. The van der Waals surface area contributed by atoms with Crippen molar-refractivity contribution in [2.24, 2.45) is 5.92 Å². The molecule has 0 bridgehead atoms. The van der Waals surface area contributed by atoms with E-state index in [0.29, 0.717) is 12.5 Å². The summed E-state index contributed by atoms with van der Waals surface area (Å²) in [7, 11) is 0. The highest BCUT2D eigenvalue weighted by atomic mass is 32.1. The van der Waals surface area contributed by atoms with E-state index in [1.54, 1.807) is 6.33 Å². The Labute approximate surface area is 175 Å². The van der Waals surface area contributed by atoms with Crippen LogP contribution in [0.2, 0.25) is 0 Å². The number of benzene rings is 2. The molecule has 0 fully saturated rings. The van der Waals surface area contributed by atoms with Gasteiger partial charge in [0.05, 0.1) is 16.6 Å². The Hall–Kier alpha value is -2.93. The van der Waals surface area contributed by atoms with Crippen LogP contribution in [-0.2, 0) is 13.1 Å². The van der Waals surface area contributed by atoms with Crippen LogP contribution in [0.1, 0.15) is 26.3 Å². The molecular formula is C22H26N6S. The molecule has 0 saturated heterocycles. The van der Waals surface area contributed by atoms with Crippen molar-refractivity contribution in [2.75, 3.05) is 17.2 Å². The molecule has 4 aromatic rings. The van der Waals surface area contributed by atoms with Crippen LogP contribution in [0.3, 0.4) is 0 Å². The van der Waals surface area contributed by atoms with Crippen molar-refractivity contribution in [3.8, 4) is 0 Å². The molecular weight excluding hydrogens is 380 g/mol. The summed E-state index contributed by atoms with van der Waals surface area (Å²) in [6.45, 7) is 8.94. The smallest absolute Gasteiger partial charge is 0.178 e. The van der Waals surface area contributed by atoms with E-state index in [2.05, 4.69) is 87.3 Å². The number of aryl methyl sites for hydroxylation is 1. The molecule has 0 spiro atoms. The van der Waals surface area contributed by atoms with Gasteiger partial charge in [-0.25, -0.2) is 9.97 Å². The fraction of sp³-hybridized carbons (Fsp3) is 0.318. The molecule has 2 aromatic heterocycles. The predicted octanol–water partition coefficient (Wildman–Crippen LogP) is 5.34. The van der Waals surface area contributed by atoms with Crippen LogP contribution in [0, 0.1) is 10.7 Å². The maximum Gasteiger partial charge on any atom is 0.178 e. The molecule has 3 N–H and O–H groups in total. The van der Waals surface area contributed by atoms with Crippen molar-refractivity contribution in [3.63, 3.8) is 0 Å². The quantitative estimate of drug-likeness (QED) is 0.361. The van der Waals surface area contributed by atoms with E-state index >= 15 is 0 Å². The molecule has 6 nitrogen and oxygen atoms in total. The molecule has 0 atom stereocenters. The maximum absolute atomic E-state index is 5.44. The monoisotopic (exact) mass is 406 g/mol. The van der Waals surface area contributed by atoms with E-state index in [4.69, 9.17) is 12.2 Å². The van der Waals surface area contributed by atoms with Crippen LogP contribution in [0.4, 0.5) is 11.5 Å². The van der Waals surface area contributed by atoms with Crippen molar-refractivity contribution in [1.29, 1.82) is 0 Å². The minimum atomic E-state index is 0.588. The first-order valence-corrected chi connectivity index (χ1v) is 10.4. The van der Waals surface area contributed by atoms with Crippen LogP contribution >= 0.6 is 12.2 Å². The number of para-hydroxylation sites is 1. The van der Waals surface area contributed by atoms with Gasteiger partial charge in [-0.05, 0) is 48.8 Å². The van der Waals surface area contributed by atoms with Gasteiger partial charge in [0, 0.05) is 30.7 Å². The second-order valence-corrected chi connectivity index (χ2v) is 7.96. The van der Waals surface area contributed by atoms with Crippen LogP contribution < -0.4 is 10.6 Å². The van der Waals surface area contributed by atoms with Gasteiger partial charge in [0.15, 0.2) is 4.77 Å². The summed E-state index contributed by atoms with van der Waals surface area (Å²) in [5.41, 5.74) is 5.33. The first-order valence-electron chi connectivity index (χ1n) is 9.99. The normalized spacial score (nSPS) is 11.4. The highest BCUT2D eigenvalue weighted by Crippen LogP contribution is 2.26. The Morgan fingerprint density at radius 1 is 1.14 bits per heavy atom. The first-order chi connectivity index (χ1) is 14.1. The Balaban J connectivity index is 1.65. The molecule has 2 aromatic carbocycles. The molecule has 0 radical (unpaired) electrons. The Morgan fingerprint density at radius 3 is 2.76 bits per heavy atom. The number of rotatable bonds is 7. The number of hydrogen-bond donors (Lipinski definition) is 3. The van der Waals surface area contributed by atoms with Crippen LogP contribution in [0.25, 0.3) is 21.9 Å². The van der Waals surface area contributed by atoms with Gasteiger partial charge in [0.25, 0.3) is 0 Å². The lowest BCUT2D eigenvalue weighted by atomic mass is 10.1. The topological polar surface area (TPSA) is 70.6 Å². The lowest BCUT2D eigenvalue weighted by molar-refractivity contribution is 0.688. The zero-order valence-corrected chi connectivity index (χ0v) is 17.8. The second-order valence-electron chi connectivity index (χ2n) is 7.57. The van der Waals surface area contributed by atoms with Crippen LogP contribution in [-0.4, -0.2) is 26.1 Å². The molecule has 4 rings (SSSR count). The van der Waals surface area contributed by atoms with Crippen LogP contribution in [0.5, 0.6) is 0 Å². The Bertz CT molecular complexity index is 1210. The number of H-pyrrole nitrogens is 1. The zero-order valence-electron chi connectivity index (χ0n) is 17.0. The summed E-state index contributed by atoms with van der Waals surface area (Å²) in [5.74, 6) is 1.41. The summed E-state index contributed by atoms with van der Waals surface area (Å²) >= 11 is 5.44. The number of fused-ring (bicyclic) bond motifs is 2. The minimum Gasteiger partial charge on any atom is -0.385 e. The van der Waals surface area contributed by atoms with Crippen molar-refractivity contribution in [3.05, 3.63) is 53.1 Å². The molecule has 0 aliphatic heterocycles. The molecule has 0 amide bonds. The van der Waals surface area contributed by atoms with Gasteiger partial charge < -0.3 is 20.2 Å². The Kier molecular flexibility index (Phi) is 5.49. The average molecular weight is 407 g/mol. The number of anilines is 2. The summed E-state index contributed by atoms with van der Waals surface area (Å²) in [4.78, 5) is 12.3. The fourth-order valence-corrected chi connectivity index (χ4v) is 3.84. The zero-order chi connectivity index (χ0) is 20.4. The molecule has 29 heavy (non-hydrogen) atoms. The largest absolute Gasteiger partial charge is 0.385 e. The van der Waals surface area contributed by atoms with Crippen molar-refractivity contribution in [2.45, 2.75) is 33.9 Å². The van der Waals surface area contributed by atoms with Gasteiger partial charge >= 0.3 is 0 Å². The lowest BCUT2D eigenvalue weighted by Gasteiger charge is -2.15. The van der Waals surface area contributed by atoms with Crippen molar-refractivity contribution >= 4 is 45.7 Å². The average Bonchev–Trinajstić information content (AvgIpc) is 3.03. The van der Waals surface area contributed by atoms with E-state index in [9.17, 15) is 0 Å². The van der Waals surface area contributed by atoms with E-state index in [0.717, 1.165) is 51.3 Å². The van der Waals surface area contributed by atoms with Gasteiger partial charge in [0.2, 0.25) is 0 Å². The van der Waals surface area contributed by atoms with E-state index in [-0.39, 0.29) is 0 Å². The summed E-state index contributed by atoms with van der Waals surface area (Å²) in [5, 5.41) is 8.01. The number of hydrogen-bond acceptors (Lipinski definition) is 5. The molecule has 0 unspecified atom stereocenters. The number of aromatic amines is 1. The minimum absolute atomic E-state index is 0.588. The summed E-state index contributed by atoms with van der Waals surface area (Å²) in [6, 6.07) is 12.5. The highest BCUT2D eigenvalue weighted by molar-refractivity contribution is 7.71.